The predicted molar refractivity (Wildman–Crippen MR) is 45.8 cm³/mol. The van der Waals surface area contributed by atoms with E-state index in [1.807, 2.05) is 0 Å². The molecule has 0 N–H and O–H groups in total. The lowest BCUT2D eigenvalue weighted by molar-refractivity contribution is 0.585. The Bertz CT molecular complexity index is 303. The highest BCUT2D eigenvalue weighted by Crippen LogP contribution is 2.18. The van der Waals surface area contributed by atoms with Gasteiger partial charge in [-0.3, -0.25) is 0 Å². The molecule has 0 aromatic heterocycles. The topological polar surface area (TPSA) is 0 Å². The molecule has 1 aromatic rings. The van der Waals surface area contributed by atoms with Gasteiger partial charge in [-0.05, 0) is 24.1 Å². The van der Waals surface area contributed by atoms with Crippen LogP contribution in [0.3, 0.4) is 0 Å². The molecule has 0 fully saturated rings. The van der Waals surface area contributed by atoms with E-state index in [4.69, 9.17) is 0 Å². The van der Waals surface area contributed by atoms with Gasteiger partial charge in [0.2, 0.25) is 0 Å². The molecule has 0 saturated carbocycles. The van der Waals surface area contributed by atoms with E-state index in [9.17, 15) is 8.78 Å². The quantitative estimate of drug-likeness (QED) is 0.636. The van der Waals surface area contributed by atoms with Crippen LogP contribution in [0.4, 0.5) is 8.78 Å². The molecule has 0 aliphatic carbocycles. The third-order valence-corrected chi connectivity index (χ3v) is 1.80. The Hall–Kier alpha value is -1.18. The van der Waals surface area contributed by atoms with E-state index in [-0.39, 0.29) is 11.4 Å². The summed E-state index contributed by atoms with van der Waals surface area (Å²) in [5.74, 6) is -0.781. The maximum Gasteiger partial charge on any atom is 0.130 e. The van der Waals surface area contributed by atoms with Crippen LogP contribution in [0.25, 0.3) is 6.08 Å². The van der Waals surface area contributed by atoms with E-state index in [0.717, 1.165) is 12.1 Å². The Labute approximate surface area is 70.5 Å². The van der Waals surface area contributed by atoms with Gasteiger partial charge in [-0.25, -0.2) is 8.78 Å². The zero-order valence-corrected chi connectivity index (χ0v) is 6.90. The first kappa shape index (κ1) is 8.91. The second kappa shape index (κ2) is 3.48. The Balaban J connectivity index is 3.38. The molecule has 0 unspecified atom stereocenters. The second-order valence-electron chi connectivity index (χ2n) is 2.48. The average Bonchev–Trinajstić information content (AvgIpc) is 2.08. The van der Waals surface area contributed by atoms with Gasteiger partial charge in [-0.1, -0.05) is 19.6 Å². The van der Waals surface area contributed by atoms with Gasteiger partial charge in [0.15, 0.2) is 0 Å². The fraction of sp³-hybridized carbons (Fsp3) is 0.200. The van der Waals surface area contributed by atoms with Crippen LogP contribution in [0.1, 0.15) is 18.1 Å². The van der Waals surface area contributed by atoms with Crippen molar-refractivity contribution in [3.8, 4) is 0 Å². The molecule has 0 bridgehead atoms. The van der Waals surface area contributed by atoms with Crippen molar-refractivity contribution in [3.63, 3.8) is 0 Å². The van der Waals surface area contributed by atoms with Crippen LogP contribution in [0, 0.1) is 11.6 Å². The molecule has 1 rings (SSSR count). The Morgan fingerprint density at radius 1 is 1.33 bits per heavy atom. The van der Waals surface area contributed by atoms with Crippen molar-refractivity contribution in [3.05, 3.63) is 41.5 Å². The predicted octanol–water partition coefficient (Wildman–Crippen LogP) is 3.17. The molecule has 0 atom stereocenters. The number of rotatable bonds is 2. The lowest BCUT2D eigenvalue weighted by Gasteiger charge is -2.05. The van der Waals surface area contributed by atoms with E-state index in [1.165, 1.54) is 6.08 Å². The van der Waals surface area contributed by atoms with Crippen LogP contribution < -0.4 is 0 Å². The van der Waals surface area contributed by atoms with Gasteiger partial charge < -0.3 is 0 Å². The van der Waals surface area contributed by atoms with Crippen LogP contribution in [-0.4, -0.2) is 0 Å². The lowest BCUT2D eigenvalue weighted by atomic mass is 10.0. The third kappa shape index (κ3) is 1.37. The standard InChI is InChI=1S/C10H10F2/c1-3-7-8(4-2)10(12)6-5-9(7)11/h3,5-6H,1,4H2,2H3. The summed E-state index contributed by atoms with van der Waals surface area (Å²) in [5.41, 5.74) is 0.669. The summed E-state index contributed by atoms with van der Waals surface area (Å²) in [5, 5.41) is 0. The second-order valence-corrected chi connectivity index (χ2v) is 2.48. The Morgan fingerprint density at radius 2 is 1.92 bits per heavy atom. The first-order valence-electron chi connectivity index (χ1n) is 3.80. The van der Waals surface area contributed by atoms with Crippen molar-refractivity contribution in [2.45, 2.75) is 13.3 Å². The van der Waals surface area contributed by atoms with Crippen molar-refractivity contribution < 1.29 is 8.78 Å². The van der Waals surface area contributed by atoms with Gasteiger partial charge in [-0.2, -0.15) is 0 Å². The minimum atomic E-state index is -0.414. The van der Waals surface area contributed by atoms with E-state index in [1.54, 1.807) is 6.92 Å². The minimum absolute atomic E-state index is 0.275. The largest absolute Gasteiger partial charge is 0.207 e. The molecule has 0 amide bonds. The van der Waals surface area contributed by atoms with Crippen molar-refractivity contribution >= 4 is 6.08 Å². The van der Waals surface area contributed by atoms with Crippen molar-refractivity contribution in [1.82, 2.24) is 0 Å². The minimum Gasteiger partial charge on any atom is -0.207 e. The van der Waals surface area contributed by atoms with E-state index in [2.05, 4.69) is 6.58 Å². The summed E-state index contributed by atoms with van der Waals surface area (Å²) in [6.07, 6.45) is 1.82. The van der Waals surface area contributed by atoms with Crippen LogP contribution in [0.5, 0.6) is 0 Å². The third-order valence-electron chi connectivity index (χ3n) is 1.80. The molecule has 0 aliphatic heterocycles. The SMILES string of the molecule is C=Cc1c(F)ccc(F)c1CC. The van der Waals surface area contributed by atoms with Gasteiger partial charge in [0.1, 0.15) is 11.6 Å². The molecular weight excluding hydrogens is 158 g/mol. The number of benzene rings is 1. The molecule has 0 spiro atoms. The lowest BCUT2D eigenvalue weighted by Crippen LogP contribution is -1.95. The van der Waals surface area contributed by atoms with Crippen molar-refractivity contribution in [1.29, 1.82) is 0 Å². The van der Waals surface area contributed by atoms with E-state index in [0.29, 0.717) is 12.0 Å². The van der Waals surface area contributed by atoms with Crippen LogP contribution in [0.2, 0.25) is 0 Å². The average molecular weight is 168 g/mol. The monoisotopic (exact) mass is 168 g/mol. The van der Waals surface area contributed by atoms with Gasteiger partial charge in [0.25, 0.3) is 0 Å². The van der Waals surface area contributed by atoms with Crippen LogP contribution >= 0.6 is 0 Å². The molecule has 0 heterocycles. The zero-order valence-electron chi connectivity index (χ0n) is 6.90. The molecule has 0 nitrogen and oxygen atoms in total. The number of hydrogen-bond donors (Lipinski definition) is 0. The number of hydrogen-bond acceptors (Lipinski definition) is 0. The number of halogens is 2. The summed E-state index contributed by atoms with van der Waals surface area (Å²) < 4.78 is 26.0. The fourth-order valence-corrected chi connectivity index (χ4v) is 1.19. The summed E-state index contributed by atoms with van der Waals surface area (Å²) in [6, 6.07) is 2.26. The summed E-state index contributed by atoms with van der Waals surface area (Å²) in [6.45, 7) is 5.22. The maximum atomic E-state index is 13.0. The van der Waals surface area contributed by atoms with Crippen molar-refractivity contribution in [2.24, 2.45) is 0 Å². The van der Waals surface area contributed by atoms with Crippen molar-refractivity contribution in [2.75, 3.05) is 0 Å². The van der Waals surface area contributed by atoms with Crippen LogP contribution in [0.15, 0.2) is 18.7 Å². The fourth-order valence-electron chi connectivity index (χ4n) is 1.19. The smallest absolute Gasteiger partial charge is 0.130 e. The molecule has 0 saturated heterocycles. The molecule has 12 heavy (non-hydrogen) atoms. The summed E-state index contributed by atoms with van der Waals surface area (Å²) >= 11 is 0. The highest BCUT2D eigenvalue weighted by Gasteiger charge is 2.08. The first-order chi connectivity index (χ1) is 5.70. The van der Waals surface area contributed by atoms with Gasteiger partial charge in [0.05, 0.1) is 0 Å². The maximum absolute atomic E-state index is 13.0. The van der Waals surface area contributed by atoms with E-state index >= 15 is 0 Å². The molecule has 1 aromatic carbocycles. The molecule has 2 heteroatoms. The molecule has 0 aliphatic rings. The van der Waals surface area contributed by atoms with E-state index < -0.39 is 5.82 Å². The highest BCUT2D eigenvalue weighted by atomic mass is 19.1. The van der Waals surface area contributed by atoms with Crippen LogP contribution in [-0.2, 0) is 6.42 Å². The van der Waals surface area contributed by atoms with Gasteiger partial charge >= 0.3 is 0 Å². The molecular formula is C10H10F2. The Morgan fingerprint density at radius 3 is 2.33 bits per heavy atom. The molecule has 64 valence electrons. The summed E-state index contributed by atoms with van der Waals surface area (Å²) in [4.78, 5) is 0. The Kier molecular flexibility index (Phi) is 2.58. The zero-order chi connectivity index (χ0) is 9.14. The van der Waals surface area contributed by atoms with Gasteiger partial charge in [0, 0.05) is 5.56 Å². The molecule has 0 radical (unpaired) electrons. The highest BCUT2D eigenvalue weighted by molar-refractivity contribution is 5.53. The van der Waals surface area contributed by atoms with Gasteiger partial charge in [-0.15, -0.1) is 0 Å². The normalized spacial score (nSPS) is 9.92. The first-order valence-corrected chi connectivity index (χ1v) is 3.80. The summed E-state index contributed by atoms with van der Waals surface area (Å²) in [7, 11) is 0.